The first-order chi connectivity index (χ1) is 17.8. The summed E-state index contributed by atoms with van der Waals surface area (Å²) in [7, 11) is -0.948. The lowest BCUT2D eigenvalue weighted by atomic mass is 10.1. The Balaban J connectivity index is 1.50. The zero-order chi connectivity index (χ0) is 26.4. The van der Waals surface area contributed by atoms with E-state index in [1.54, 1.807) is 12.0 Å². The number of nitrogens with one attached hydrogen (secondary N) is 1. The van der Waals surface area contributed by atoms with Crippen LogP contribution in [0.4, 0.5) is 5.69 Å². The summed E-state index contributed by atoms with van der Waals surface area (Å²) in [6.45, 7) is 2.23. The Morgan fingerprint density at radius 3 is 2.22 bits per heavy atom. The third-order valence-electron chi connectivity index (χ3n) is 6.34. The molecule has 4 rings (SSSR count). The average Bonchev–Trinajstić information content (AvgIpc) is 2.93. The van der Waals surface area contributed by atoms with Crippen LogP contribution in [-0.2, 0) is 21.2 Å². The van der Waals surface area contributed by atoms with Gasteiger partial charge in [-0.2, -0.15) is 4.72 Å². The van der Waals surface area contributed by atoms with E-state index in [2.05, 4.69) is 9.62 Å². The molecule has 1 aliphatic rings. The second-order valence-corrected chi connectivity index (χ2v) is 10.8. The van der Waals surface area contributed by atoms with Crippen LogP contribution in [0.2, 0.25) is 5.02 Å². The Morgan fingerprint density at radius 1 is 0.946 bits per heavy atom. The quantitative estimate of drug-likeness (QED) is 0.444. The van der Waals surface area contributed by atoms with Crippen LogP contribution in [0.1, 0.15) is 5.56 Å². The standard InChI is InChI=1S/C27H30ClN3O5S/c1-35-22-10-8-21(9-11-22)30-14-16-31(17-15-30)27(32)25(18-20-6-4-3-5-7-20)29-37(33,34)23-12-13-26(36-2)24(28)19-23/h3-13,19,25,29H,14-18H2,1-2H3. The highest BCUT2D eigenvalue weighted by Crippen LogP contribution is 2.27. The van der Waals surface area contributed by atoms with Gasteiger partial charge in [-0.15, -0.1) is 0 Å². The van der Waals surface area contributed by atoms with Gasteiger partial charge in [-0.1, -0.05) is 41.9 Å². The molecule has 1 aliphatic heterocycles. The predicted molar refractivity (Wildman–Crippen MR) is 144 cm³/mol. The summed E-state index contributed by atoms with van der Waals surface area (Å²) in [5.41, 5.74) is 1.90. The molecule has 3 aromatic rings. The lowest BCUT2D eigenvalue weighted by Gasteiger charge is -2.37. The van der Waals surface area contributed by atoms with Gasteiger partial charge in [0.15, 0.2) is 0 Å². The number of amides is 1. The second kappa shape index (κ2) is 11.9. The SMILES string of the molecule is COc1ccc(N2CCN(C(=O)C(Cc3ccccc3)NS(=O)(=O)c3ccc(OC)c(Cl)c3)CC2)cc1. The maximum absolute atomic E-state index is 13.6. The summed E-state index contributed by atoms with van der Waals surface area (Å²) in [6, 6.07) is 20.4. The topological polar surface area (TPSA) is 88.2 Å². The molecular weight excluding hydrogens is 514 g/mol. The maximum atomic E-state index is 13.6. The Hall–Kier alpha value is -3.27. The Morgan fingerprint density at radius 2 is 1.62 bits per heavy atom. The molecule has 1 unspecified atom stereocenters. The number of piperazine rings is 1. The fraction of sp³-hybridized carbons (Fsp3) is 0.296. The molecular formula is C27H30ClN3O5S. The molecule has 0 bridgehead atoms. The van der Waals surface area contributed by atoms with E-state index in [1.165, 1.54) is 25.3 Å². The second-order valence-electron chi connectivity index (χ2n) is 8.67. The van der Waals surface area contributed by atoms with Crippen LogP contribution >= 0.6 is 11.6 Å². The molecule has 1 N–H and O–H groups in total. The van der Waals surface area contributed by atoms with Gasteiger partial charge in [0.05, 0.1) is 24.1 Å². The number of halogens is 1. The minimum Gasteiger partial charge on any atom is -0.497 e. The molecule has 1 fully saturated rings. The minimum absolute atomic E-state index is 0.0338. The summed E-state index contributed by atoms with van der Waals surface area (Å²) in [4.78, 5) is 17.5. The van der Waals surface area contributed by atoms with Gasteiger partial charge in [0.2, 0.25) is 15.9 Å². The van der Waals surface area contributed by atoms with Gasteiger partial charge >= 0.3 is 0 Å². The van der Waals surface area contributed by atoms with E-state index in [9.17, 15) is 13.2 Å². The zero-order valence-corrected chi connectivity index (χ0v) is 22.3. The molecule has 1 heterocycles. The fourth-order valence-electron chi connectivity index (χ4n) is 4.30. The first-order valence-corrected chi connectivity index (χ1v) is 13.7. The number of nitrogens with zero attached hydrogens (tertiary/aromatic N) is 2. The summed E-state index contributed by atoms with van der Waals surface area (Å²) >= 11 is 6.16. The van der Waals surface area contributed by atoms with E-state index in [0.717, 1.165) is 17.0 Å². The molecule has 1 atom stereocenters. The molecule has 37 heavy (non-hydrogen) atoms. The normalized spacial score (nSPS) is 14.8. The van der Waals surface area contributed by atoms with E-state index in [-0.39, 0.29) is 22.2 Å². The highest BCUT2D eigenvalue weighted by atomic mass is 35.5. The lowest BCUT2D eigenvalue weighted by Crippen LogP contribution is -2.55. The van der Waals surface area contributed by atoms with Gasteiger partial charge in [0.1, 0.15) is 17.5 Å². The number of methoxy groups -OCH3 is 2. The first kappa shape index (κ1) is 26.8. The third-order valence-corrected chi connectivity index (χ3v) is 8.11. The van der Waals surface area contributed by atoms with Gasteiger partial charge in [-0.05, 0) is 54.4 Å². The average molecular weight is 544 g/mol. The predicted octanol–water partition coefficient (Wildman–Crippen LogP) is 3.60. The van der Waals surface area contributed by atoms with Crippen molar-refractivity contribution in [2.75, 3.05) is 45.3 Å². The van der Waals surface area contributed by atoms with Crippen molar-refractivity contribution in [2.45, 2.75) is 17.4 Å². The van der Waals surface area contributed by atoms with Crippen LogP contribution in [0.25, 0.3) is 0 Å². The van der Waals surface area contributed by atoms with E-state index >= 15 is 0 Å². The van der Waals surface area contributed by atoms with E-state index in [0.29, 0.717) is 31.9 Å². The smallest absolute Gasteiger partial charge is 0.241 e. The number of anilines is 1. The van der Waals surface area contributed by atoms with Crippen molar-refractivity contribution >= 4 is 33.2 Å². The van der Waals surface area contributed by atoms with Gasteiger partial charge in [-0.25, -0.2) is 8.42 Å². The Kier molecular flexibility index (Phi) is 8.58. The van der Waals surface area contributed by atoms with Gasteiger partial charge in [-0.3, -0.25) is 4.79 Å². The number of rotatable bonds is 9. The zero-order valence-electron chi connectivity index (χ0n) is 20.8. The highest BCUT2D eigenvalue weighted by molar-refractivity contribution is 7.89. The molecule has 196 valence electrons. The first-order valence-electron chi connectivity index (χ1n) is 11.9. The van der Waals surface area contributed by atoms with Crippen LogP contribution in [0.5, 0.6) is 11.5 Å². The molecule has 1 amide bonds. The number of sulfonamides is 1. The summed E-state index contributed by atoms with van der Waals surface area (Å²) in [5, 5.41) is 0.172. The molecule has 0 aromatic heterocycles. The molecule has 0 saturated carbocycles. The number of carbonyl (C=O) groups is 1. The van der Waals surface area contributed by atoms with Crippen LogP contribution in [-0.4, -0.2) is 65.7 Å². The highest BCUT2D eigenvalue weighted by Gasteiger charge is 2.31. The van der Waals surface area contributed by atoms with Crippen molar-refractivity contribution in [1.29, 1.82) is 0 Å². The molecule has 10 heteroatoms. The maximum Gasteiger partial charge on any atom is 0.241 e. The molecule has 0 radical (unpaired) electrons. The fourth-order valence-corrected chi connectivity index (χ4v) is 5.83. The third kappa shape index (κ3) is 6.54. The Labute approximate surface area is 222 Å². The van der Waals surface area contributed by atoms with Gasteiger partial charge in [0, 0.05) is 31.9 Å². The number of benzene rings is 3. The van der Waals surface area contributed by atoms with E-state index < -0.39 is 16.1 Å². The van der Waals surface area contributed by atoms with Crippen molar-refractivity contribution in [2.24, 2.45) is 0 Å². The number of ether oxygens (including phenoxy) is 2. The molecule has 1 saturated heterocycles. The van der Waals surface area contributed by atoms with Crippen LogP contribution in [0.15, 0.2) is 77.7 Å². The van der Waals surface area contributed by atoms with Crippen molar-refractivity contribution in [1.82, 2.24) is 9.62 Å². The largest absolute Gasteiger partial charge is 0.497 e. The Bertz CT molecular complexity index is 1310. The van der Waals surface area contributed by atoms with Crippen molar-refractivity contribution < 1.29 is 22.7 Å². The molecule has 8 nitrogen and oxygen atoms in total. The minimum atomic E-state index is -4.03. The van der Waals surface area contributed by atoms with Crippen LogP contribution in [0.3, 0.4) is 0 Å². The lowest BCUT2D eigenvalue weighted by molar-refractivity contribution is -0.133. The van der Waals surface area contributed by atoms with E-state index in [1.807, 2.05) is 54.6 Å². The number of hydrogen-bond acceptors (Lipinski definition) is 6. The summed E-state index contributed by atoms with van der Waals surface area (Å²) in [6.07, 6.45) is 0.224. The summed E-state index contributed by atoms with van der Waals surface area (Å²) in [5.74, 6) is 0.889. The van der Waals surface area contributed by atoms with Crippen LogP contribution < -0.4 is 19.1 Å². The molecule has 3 aromatic carbocycles. The molecule has 0 spiro atoms. The van der Waals surface area contributed by atoms with Gasteiger partial charge in [0.25, 0.3) is 0 Å². The van der Waals surface area contributed by atoms with Crippen molar-refractivity contribution in [3.8, 4) is 11.5 Å². The number of carbonyl (C=O) groups excluding carboxylic acids is 1. The molecule has 0 aliphatic carbocycles. The van der Waals surface area contributed by atoms with Gasteiger partial charge < -0.3 is 19.3 Å². The number of hydrogen-bond donors (Lipinski definition) is 1. The van der Waals surface area contributed by atoms with Crippen LogP contribution in [0, 0.1) is 0 Å². The van der Waals surface area contributed by atoms with E-state index in [4.69, 9.17) is 21.1 Å². The monoisotopic (exact) mass is 543 g/mol. The van der Waals surface area contributed by atoms with Crippen molar-refractivity contribution in [3.05, 3.63) is 83.4 Å². The summed E-state index contributed by atoms with van der Waals surface area (Å²) < 4.78 is 39.5. The van der Waals surface area contributed by atoms with Crippen molar-refractivity contribution in [3.63, 3.8) is 0 Å².